The van der Waals surface area contributed by atoms with Crippen LogP contribution in [0.5, 0.6) is 11.5 Å². The van der Waals surface area contributed by atoms with Gasteiger partial charge in [0.1, 0.15) is 0 Å². The van der Waals surface area contributed by atoms with Gasteiger partial charge in [-0.05, 0) is 31.5 Å². The first-order valence-corrected chi connectivity index (χ1v) is 11.6. The van der Waals surface area contributed by atoms with E-state index in [1.54, 1.807) is 18.9 Å². The van der Waals surface area contributed by atoms with Crippen molar-refractivity contribution in [3.8, 4) is 11.5 Å². The maximum absolute atomic E-state index is 13.7. The molecule has 0 saturated carbocycles. The Kier molecular flexibility index (Phi) is 5.48. The van der Waals surface area contributed by atoms with Crippen LogP contribution in [0, 0.1) is 0 Å². The number of fused-ring (bicyclic) bond motifs is 5. The molecule has 2 N–H and O–H groups in total. The predicted octanol–water partition coefficient (Wildman–Crippen LogP) is 2.60. The van der Waals surface area contributed by atoms with Gasteiger partial charge in [-0.3, -0.25) is 9.59 Å². The lowest BCUT2D eigenvalue weighted by molar-refractivity contribution is -0.166. The van der Waals surface area contributed by atoms with E-state index < -0.39 is 5.54 Å². The third kappa shape index (κ3) is 3.09. The molecule has 2 aliphatic heterocycles. The number of aliphatic hydroxyl groups excluding tert-OH is 1. The first kappa shape index (κ1) is 22.3. The average molecular weight is 464 g/mol. The fourth-order valence-electron chi connectivity index (χ4n) is 5.52. The molecule has 2 aliphatic rings. The van der Waals surface area contributed by atoms with Crippen LogP contribution in [-0.2, 0) is 15.1 Å². The third-order valence-electron chi connectivity index (χ3n) is 7.08. The number of carbonyl (C=O) groups excluding carboxylic acids is 2. The lowest BCUT2D eigenvalue weighted by Gasteiger charge is -2.51. The largest absolute Gasteiger partial charge is 0.493 e. The Hall–Kier alpha value is -3.52. The Morgan fingerprint density at radius 1 is 1.18 bits per heavy atom. The molecule has 34 heavy (non-hydrogen) atoms. The summed E-state index contributed by atoms with van der Waals surface area (Å²) in [4.78, 5) is 33.7. The molecule has 3 heterocycles. The molecular formula is C26H29N3O5. The molecule has 0 spiro atoms. The minimum Gasteiger partial charge on any atom is -0.493 e. The summed E-state index contributed by atoms with van der Waals surface area (Å²) in [7, 11) is 1.61. The zero-order valence-corrected chi connectivity index (χ0v) is 19.6. The van der Waals surface area contributed by atoms with Crippen molar-refractivity contribution < 1.29 is 24.2 Å². The number of methoxy groups -OCH3 is 1. The summed E-state index contributed by atoms with van der Waals surface area (Å²) >= 11 is 0. The van der Waals surface area contributed by atoms with Gasteiger partial charge in [0.25, 0.3) is 5.91 Å². The quantitative estimate of drug-likeness (QED) is 0.586. The zero-order valence-electron chi connectivity index (χ0n) is 19.6. The number of β-amino-alcohol motifs (C(OH)–C–C–N with tert-alkyl or cyclic N) is 1. The van der Waals surface area contributed by atoms with Crippen LogP contribution in [0.1, 0.15) is 36.6 Å². The molecular weight excluding hydrogens is 434 g/mol. The number of para-hydroxylation sites is 2. The van der Waals surface area contributed by atoms with E-state index in [1.807, 2.05) is 49.4 Å². The molecule has 1 saturated heterocycles. The van der Waals surface area contributed by atoms with Gasteiger partial charge < -0.3 is 29.4 Å². The molecule has 1 fully saturated rings. The molecule has 8 nitrogen and oxygen atoms in total. The van der Waals surface area contributed by atoms with Crippen LogP contribution in [0.2, 0.25) is 0 Å². The van der Waals surface area contributed by atoms with Crippen LogP contribution in [0.15, 0.2) is 42.5 Å². The fourth-order valence-corrected chi connectivity index (χ4v) is 5.52. The second-order valence-corrected chi connectivity index (χ2v) is 8.85. The summed E-state index contributed by atoms with van der Waals surface area (Å²) in [6.07, 6.45) is 0. The van der Waals surface area contributed by atoms with Crippen molar-refractivity contribution in [3.63, 3.8) is 0 Å². The van der Waals surface area contributed by atoms with Crippen LogP contribution in [0.25, 0.3) is 10.9 Å². The molecule has 2 amide bonds. The lowest BCUT2D eigenvalue weighted by Crippen LogP contribution is -2.67. The highest BCUT2D eigenvalue weighted by Crippen LogP contribution is 2.50. The smallest absolute Gasteiger partial charge is 0.255 e. The predicted molar refractivity (Wildman–Crippen MR) is 127 cm³/mol. The van der Waals surface area contributed by atoms with Crippen LogP contribution >= 0.6 is 0 Å². The molecule has 0 aliphatic carbocycles. The Morgan fingerprint density at radius 2 is 1.97 bits per heavy atom. The Labute approximate surface area is 198 Å². The van der Waals surface area contributed by atoms with E-state index in [0.29, 0.717) is 30.3 Å². The van der Waals surface area contributed by atoms with Crippen LogP contribution in [0.3, 0.4) is 0 Å². The van der Waals surface area contributed by atoms with Crippen molar-refractivity contribution in [1.29, 1.82) is 0 Å². The van der Waals surface area contributed by atoms with Gasteiger partial charge in [-0.2, -0.15) is 0 Å². The van der Waals surface area contributed by atoms with Crippen molar-refractivity contribution in [2.24, 2.45) is 0 Å². The summed E-state index contributed by atoms with van der Waals surface area (Å²) in [5.41, 5.74) is 2.31. The number of hydrogen-bond acceptors (Lipinski definition) is 5. The number of aromatic amines is 1. The number of ether oxygens (including phenoxy) is 2. The van der Waals surface area contributed by atoms with Crippen LogP contribution < -0.4 is 9.47 Å². The van der Waals surface area contributed by atoms with Crippen LogP contribution in [-0.4, -0.2) is 71.7 Å². The number of aromatic nitrogens is 1. The normalized spacial score (nSPS) is 22.1. The standard InChI is InChI=1S/C26H29N3O5/c1-4-34-23-16(9-7-11-20(23)33-3)18-14-29-21(31)15-28(12-13-30)25(32)26(29,2)24-22(18)17-8-5-6-10-19(17)27-24/h5-11,18,27,30H,4,12-15H2,1-3H3/t18-,26-/m0/s1. The first-order chi connectivity index (χ1) is 16.4. The summed E-state index contributed by atoms with van der Waals surface area (Å²) < 4.78 is 11.6. The van der Waals surface area contributed by atoms with E-state index in [0.717, 1.165) is 22.0 Å². The fraction of sp³-hybridized carbons (Fsp3) is 0.385. The number of aliphatic hydroxyl groups is 1. The minimum absolute atomic E-state index is 0.0479. The number of hydrogen-bond donors (Lipinski definition) is 2. The lowest BCUT2D eigenvalue weighted by atomic mass is 9.76. The van der Waals surface area contributed by atoms with Crippen molar-refractivity contribution in [3.05, 3.63) is 59.3 Å². The molecule has 0 radical (unpaired) electrons. The minimum atomic E-state index is -1.19. The topological polar surface area (TPSA) is 95.1 Å². The number of H-pyrrole nitrogens is 1. The van der Waals surface area contributed by atoms with Gasteiger partial charge in [0, 0.05) is 35.5 Å². The van der Waals surface area contributed by atoms with Crippen molar-refractivity contribution >= 4 is 22.7 Å². The molecule has 178 valence electrons. The second-order valence-electron chi connectivity index (χ2n) is 8.85. The molecule has 0 bridgehead atoms. The Bertz CT molecular complexity index is 1270. The second kappa shape index (κ2) is 8.36. The number of rotatable bonds is 6. The Balaban J connectivity index is 1.78. The van der Waals surface area contributed by atoms with Crippen molar-refractivity contribution in [1.82, 2.24) is 14.8 Å². The molecule has 5 rings (SSSR count). The summed E-state index contributed by atoms with van der Waals surface area (Å²) in [5.74, 6) is 0.713. The SMILES string of the molecule is CCOc1c(OC)cccc1[C@@H]1CN2C(=O)CN(CCO)C(=O)[C@]2(C)c2[nH]c3ccccc3c21. The van der Waals surface area contributed by atoms with E-state index in [9.17, 15) is 14.7 Å². The first-order valence-electron chi connectivity index (χ1n) is 11.6. The van der Waals surface area contributed by atoms with Gasteiger partial charge in [-0.15, -0.1) is 0 Å². The van der Waals surface area contributed by atoms with E-state index in [2.05, 4.69) is 4.98 Å². The Morgan fingerprint density at radius 3 is 2.71 bits per heavy atom. The molecule has 2 atom stereocenters. The van der Waals surface area contributed by atoms with Gasteiger partial charge in [0.2, 0.25) is 5.91 Å². The number of piperazine rings is 1. The summed E-state index contributed by atoms with van der Waals surface area (Å²) in [6.45, 7) is 4.40. The van der Waals surface area contributed by atoms with Gasteiger partial charge in [0.15, 0.2) is 17.0 Å². The van der Waals surface area contributed by atoms with Gasteiger partial charge >= 0.3 is 0 Å². The van der Waals surface area contributed by atoms with Gasteiger partial charge in [0.05, 0.1) is 32.6 Å². The van der Waals surface area contributed by atoms with Gasteiger partial charge in [-0.25, -0.2) is 0 Å². The van der Waals surface area contributed by atoms with Crippen molar-refractivity contribution in [2.75, 3.05) is 40.0 Å². The average Bonchev–Trinajstić information content (AvgIpc) is 3.24. The number of amides is 2. The van der Waals surface area contributed by atoms with Crippen LogP contribution in [0.4, 0.5) is 0 Å². The van der Waals surface area contributed by atoms with E-state index >= 15 is 0 Å². The molecule has 0 unspecified atom stereocenters. The molecule has 2 aromatic carbocycles. The maximum Gasteiger partial charge on any atom is 0.255 e. The molecule has 1 aromatic heterocycles. The zero-order chi connectivity index (χ0) is 24.0. The third-order valence-corrected chi connectivity index (χ3v) is 7.08. The van der Waals surface area contributed by atoms with Gasteiger partial charge in [-0.1, -0.05) is 30.3 Å². The highest BCUT2D eigenvalue weighted by molar-refractivity contribution is 6.01. The van der Waals surface area contributed by atoms with E-state index in [-0.39, 0.29) is 37.4 Å². The maximum atomic E-state index is 13.7. The highest BCUT2D eigenvalue weighted by Gasteiger charge is 2.56. The van der Waals surface area contributed by atoms with Crippen molar-refractivity contribution in [2.45, 2.75) is 25.3 Å². The summed E-state index contributed by atoms with van der Waals surface area (Å²) in [5, 5.41) is 10.5. The number of benzene rings is 2. The number of nitrogens with zero attached hydrogens (tertiary/aromatic N) is 2. The monoisotopic (exact) mass is 463 g/mol. The summed E-state index contributed by atoms with van der Waals surface area (Å²) in [6, 6.07) is 13.7. The highest BCUT2D eigenvalue weighted by atomic mass is 16.5. The van der Waals surface area contributed by atoms with E-state index in [4.69, 9.17) is 9.47 Å². The molecule has 3 aromatic rings. The molecule has 8 heteroatoms. The van der Waals surface area contributed by atoms with E-state index in [1.165, 1.54) is 4.90 Å². The number of nitrogens with one attached hydrogen (secondary N) is 1. The number of carbonyl (C=O) groups is 2.